The monoisotopic (exact) mass is 241 g/mol. The van der Waals surface area contributed by atoms with Crippen molar-refractivity contribution in [2.45, 2.75) is 25.7 Å². The van der Waals surface area contributed by atoms with Gasteiger partial charge in [-0.3, -0.25) is 0 Å². The molecule has 88 valence electrons. The van der Waals surface area contributed by atoms with Gasteiger partial charge in [-0.1, -0.05) is 0 Å². The molecule has 1 atom stereocenters. The lowest BCUT2D eigenvalue weighted by atomic mass is 10.00. The first-order chi connectivity index (χ1) is 7.83. The van der Waals surface area contributed by atoms with Crippen LogP contribution in [0.5, 0.6) is 0 Å². The standard InChI is InChI=1S/C10H15N3O2S/c1-2-15-10(14)9-8(11-13-12-9)7-4-3-5-16-6-7/h7H,2-6H2,1H3,(H,11,12,13). The average Bonchev–Trinajstić information content (AvgIpc) is 2.79. The van der Waals surface area contributed by atoms with Gasteiger partial charge in [0.15, 0.2) is 5.69 Å². The summed E-state index contributed by atoms with van der Waals surface area (Å²) in [7, 11) is 0. The Labute approximate surface area is 98.3 Å². The lowest BCUT2D eigenvalue weighted by Crippen LogP contribution is -2.15. The van der Waals surface area contributed by atoms with Gasteiger partial charge < -0.3 is 4.74 Å². The molecule has 0 saturated carbocycles. The first-order valence-corrected chi connectivity index (χ1v) is 6.64. The van der Waals surface area contributed by atoms with Crippen LogP contribution in [-0.4, -0.2) is 39.5 Å². The van der Waals surface area contributed by atoms with Crippen LogP contribution in [0.2, 0.25) is 0 Å². The maximum Gasteiger partial charge on any atom is 0.360 e. The smallest absolute Gasteiger partial charge is 0.360 e. The normalized spacial score (nSPS) is 20.7. The second kappa shape index (κ2) is 5.34. The highest BCUT2D eigenvalue weighted by Crippen LogP contribution is 2.31. The number of carbonyl (C=O) groups excluding carboxylic acids is 1. The van der Waals surface area contributed by atoms with Crippen LogP contribution in [0.25, 0.3) is 0 Å². The number of ether oxygens (including phenoxy) is 1. The Kier molecular flexibility index (Phi) is 3.82. The van der Waals surface area contributed by atoms with E-state index >= 15 is 0 Å². The lowest BCUT2D eigenvalue weighted by Gasteiger charge is -2.19. The first-order valence-electron chi connectivity index (χ1n) is 5.48. The topological polar surface area (TPSA) is 67.9 Å². The summed E-state index contributed by atoms with van der Waals surface area (Å²) in [6, 6.07) is 0. The van der Waals surface area contributed by atoms with Gasteiger partial charge in [0.2, 0.25) is 0 Å². The molecule has 1 fully saturated rings. The van der Waals surface area contributed by atoms with Crippen LogP contribution in [0.3, 0.4) is 0 Å². The van der Waals surface area contributed by atoms with Crippen LogP contribution in [-0.2, 0) is 4.74 Å². The summed E-state index contributed by atoms with van der Waals surface area (Å²) in [4.78, 5) is 11.6. The van der Waals surface area contributed by atoms with E-state index < -0.39 is 0 Å². The maximum absolute atomic E-state index is 11.6. The molecule has 16 heavy (non-hydrogen) atoms. The second-order valence-electron chi connectivity index (χ2n) is 3.69. The van der Waals surface area contributed by atoms with Crippen molar-refractivity contribution in [3.05, 3.63) is 11.4 Å². The highest BCUT2D eigenvalue weighted by molar-refractivity contribution is 7.99. The Morgan fingerprint density at radius 1 is 1.62 bits per heavy atom. The van der Waals surface area contributed by atoms with Gasteiger partial charge in [-0.05, 0) is 25.5 Å². The van der Waals surface area contributed by atoms with Crippen LogP contribution in [0, 0.1) is 0 Å². The van der Waals surface area contributed by atoms with E-state index in [2.05, 4.69) is 15.4 Å². The van der Waals surface area contributed by atoms with Crippen LogP contribution < -0.4 is 0 Å². The molecule has 1 aromatic rings. The van der Waals surface area contributed by atoms with Crippen molar-refractivity contribution in [1.29, 1.82) is 0 Å². The molecule has 0 spiro atoms. The number of rotatable bonds is 3. The predicted molar refractivity (Wildman–Crippen MR) is 61.6 cm³/mol. The number of hydrogen-bond acceptors (Lipinski definition) is 5. The van der Waals surface area contributed by atoms with Crippen LogP contribution in [0.4, 0.5) is 0 Å². The Hall–Kier alpha value is -1.04. The number of aromatic amines is 1. The molecule has 1 aliphatic heterocycles. The number of thioether (sulfide) groups is 1. The third kappa shape index (κ3) is 2.37. The summed E-state index contributed by atoms with van der Waals surface area (Å²) in [6.07, 6.45) is 2.25. The third-order valence-corrected chi connectivity index (χ3v) is 3.81. The minimum atomic E-state index is -0.373. The number of H-pyrrole nitrogens is 1. The summed E-state index contributed by atoms with van der Waals surface area (Å²) in [5, 5.41) is 10.5. The molecule has 0 aliphatic carbocycles. The summed E-state index contributed by atoms with van der Waals surface area (Å²) in [5.41, 5.74) is 1.13. The highest BCUT2D eigenvalue weighted by atomic mass is 32.2. The predicted octanol–water partition coefficient (Wildman–Crippen LogP) is 1.59. The van der Waals surface area contributed by atoms with Gasteiger partial charge in [-0.25, -0.2) is 4.79 Å². The quantitative estimate of drug-likeness (QED) is 0.814. The van der Waals surface area contributed by atoms with E-state index in [9.17, 15) is 4.79 Å². The average molecular weight is 241 g/mol. The Bertz CT molecular complexity index is 361. The largest absolute Gasteiger partial charge is 0.461 e. The molecule has 0 bridgehead atoms. The zero-order valence-corrected chi connectivity index (χ0v) is 10.0. The van der Waals surface area contributed by atoms with E-state index in [1.54, 1.807) is 6.92 Å². The molecule has 0 amide bonds. The second-order valence-corrected chi connectivity index (χ2v) is 4.84. The maximum atomic E-state index is 11.6. The minimum Gasteiger partial charge on any atom is -0.461 e. The molecule has 2 heterocycles. The van der Waals surface area contributed by atoms with E-state index in [0.717, 1.165) is 17.9 Å². The van der Waals surface area contributed by atoms with Gasteiger partial charge in [0.25, 0.3) is 0 Å². The molecule has 0 aromatic carbocycles. The van der Waals surface area contributed by atoms with Crippen LogP contribution >= 0.6 is 11.8 Å². The molecule has 1 saturated heterocycles. The van der Waals surface area contributed by atoms with E-state index in [-0.39, 0.29) is 5.97 Å². The highest BCUT2D eigenvalue weighted by Gasteiger charge is 2.26. The number of nitrogens with one attached hydrogen (secondary N) is 1. The third-order valence-electron chi connectivity index (χ3n) is 2.59. The molecule has 2 rings (SSSR count). The fourth-order valence-electron chi connectivity index (χ4n) is 1.83. The van der Waals surface area contributed by atoms with Gasteiger partial charge in [-0.2, -0.15) is 22.1 Å². The fraction of sp³-hybridized carbons (Fsp3) is 0.700. The van der Waals surface area contributed by atoms with E-state index in [4.69, 9.17) is 4.74 Å². The van der Waals surface area contributed by atoms with Gasteiger partial charge >= 0.3 is 5.97 Å². The zero-order chi connectivity index (χ0) is 11.4. The summed E-state index contributed by atoms with van der Waals surface area (Å²) in [6.45, 7) is 2.15. The number of nitrogens with zero attached hydrogens (tertiary/aromatic N) is 2. The molecule has 6 heteroatoms. The number of esters is 1. The number of aromatic nitrogens is 3. The molecular formula is C10H15N3O2S. The van der Waals surface area contributed by atoms with Crippen LogP contribution in [0.1, 0.15) is 41.9 Å². The number of hydrogen-bond donors (Lipinski definition) is 1. The van der Waals surface area contributed by atoms with Crippen molar-refractivity contribution in [2.24, 2.45) is 0 Å². The molecule has 1 aliphatic rings. The van der Waals surface area contributed by atoms with E-state index in [1.165, 1.54) is 12.2 Å². The Morgan fingerprint density at radius 3 is 3.19 bits per heavy atom. The van der Waals surface area contributed by atoms with Crippen LogP contribution in [0.15, 0.2) is 0 Å². The molecule has 1 aromatic heterocycles. The van der Waals surface area contributed by atoms with Gasteiger partial charge in [0.05, 0.1) is 6.61 Å². The van der Waals surface area contributed by atoms with Gasteiger partial charge in [0.1, 0.15) is 5.69 Å². The Balaban J connectivity index is 2.14. The van der Waals surface area contributed by atoms with Crippen molar-refractivity contribution < 1.29 is 9.53 Å². The minimum absolute atomic E-state index is 0.330. The summed E-state index contributed by atoms with van der Waals surface area (Å²) < 4.78 is 4.95. The molecule has 1 N–H and O–H groups in total. The summed E-state index contributed by atoms with van der Waals surface area (Å²) in [5.74, 6) is 2.17. The van der Waals surface area contributed by atoms with Crippen molar-refractivity contribution in [3.63, 3.8) is 0 Å². The molecule has 5 nitrogen and oxygen atoms in total. The van der Waals surface area contributed by atoms with E-state index in [0.29, 0.717) is 18.2 Å². The zero-order valence-electron chi connectivity index (χ0n) is 9.23. The SMILES string of the molecule is CCOC(=O)c1n[nH]nc1C1CCCSC1. The van der Waals surface area contributed by atoms with Crippen molar-refractivity contribution in [1.82, 2.24) is 15.4 Å². The van der Waals surface area contributed by atoms with Crippen molar-refractivity contribution >= 4 is 17.7 Å². The van der Waals surface area contributed by atoms with Gasteiger partial charge in [0, 0.05) is 11.7 Å². The molecule has 1 unspecified atom stereocenters. The molecule has 0 radical (unpaired) electrons. The fourth-order valence-corrected chi connectivity index (χ4v) is 2.98. The lowest BCUT2D eigenvalue weighted by molar-refractivity contribution is 0.0517. The van der Waals surface area contributed by atoms with E-state index in [1.807, 2.05) is 11.8 Å². The molecular weight excluding hydrogens is 226 g/mol. The van der Waals surface area contributed by atoms with Crippen molar-refractivity contribution in [3.8, 4) is 0 Å². The summed E-state index contributed by atoms with van der Waals surface area (Å²) >= 11 is 1.90. The van der Waals surface area contributed by atoms with Gasteiger partial charge in [-0.15, -0.1) is 5.10 Å². The number of carbonyl (C=O) groups is 1. The Morgan fingerprint density at radius 2 is 2.50 bits per heavy atom. The van der Waals surface area contributed by atoms with Crippen molar-refractivity contribution in [2.75, 3.05) is 18.1 Å². The first kappa shape index (κ1) is 11.4.